The highest BCUT2D eigenvalue weighted by atomic mass is 16.5. The molecule has 0 heterocycles. The molecule has 0 fully saturated rings. The Bertz CT molecular complexity index is 477. The van der Waals surface area contributed by atoms with Crippen LogP contribution in [-0.2, 0) is 20.7 Å². The maximum Gasteiger partial charge on any atom is 0.310 e. The van der Waals surface area contributed by atoms with Gasteiger partial charge in [-0.15, -0.1) is 0 Å². The number of rotatable bonds is 6. The van der Waals surface area contributed by atoms with Crippen molar-refractivity contribution in [2.24, 2.45) is 0 Å². The van der Waals surface area contributed by atoms with Crippen molar-refractivity contribution >= 4 is 17.6 Å². The zero-order valence-corrected chi connectivity index (χ0v) is 10.4. The van der Waals surface area contributed by atoms with Crippen molar-refractivity contribution in [1.29, 1.82) is 5.26 Å². The number of benzene rings is 1. The summed E-state index contributed by atoms with van der Waals surface area (Å²) >= 11 is 0. The zero-order chi connectivity index (χ0) is 14.1. The van der Waals surface area contributed by atoms with Gasteiger partial charge in [-0.25, -0.2) is 0 Å². The summed E-state index contributed by atoms with van der Waals surface area (Å²) < 4.78 is 4.80. The second kappa shape index (κ2) is 7.71. The highest BCUT2D eigenvalue weighted by Gasteiger charge is 2.08. The van der Waals surface area contributed by atoms with Crippen LogP contribution in [0.1, 0.15) is 12.0 Å². The van der Waals surface area contributed by atoms with Gasteiger partial charge in [0.2, 0.25) is 0 Å². The van der Waals surface area contributed by atoms with E-state index in [1.807, 2.05) is 6.07 Å². The standard InChI is InChI=1S/C13H15N3O3/c14-6-1-7-16-12(17)9-19-13(18)8-10-2-4-11(15)5-3-10/h2-5H,1,7-9,15H2,(H,16,17). The third kappa shape index (κ3) is 6.07. The number of ether oxygens (including phenoxy) is 1. The Morgan fingerprint density at radius 2 is 2.00 bits per heavy atom. The van der Waals surface area contributed by atoms with E-state index < -0.39 is 11.9 Å². The zero-order valence-electron chi connectivity index (χ0n) is 10.4. The average Bonchev–Trinajstić information content (AvgIpc) is 2.39. The predicted octanol–water partition coefficient (Wildman–Crippen LogP) is 0.384. The molecule has 0 aliphatic rings. The van der Waals surface area contributed by atoms with Crippen LogP contribution >= 0.6 is 0 Å². The Hall–Kier alpha value is -2.55. The number of hydrogen-bond donors (Lipinski definition) is 2. The number of nitrogens with one attached hydrogen (secondary N) is 1. The molecule has 1 amide bonds. The largest absolute Gasteiger partial charge is 0.455 e. The summed E-state index contributed by atoms with van der Waals surface area (Å²) in [5.41, 5.74) is 6.91. The summed E-state index contributed by atoms with van der Waals surface area (Å²) in [5, 5.41) is 10.7. The molecule has 0 spiro atoms. The third-order valence-electron chi connectivity index (χ3n) is 2.25. The average molecular weight is 261 g/mol. The van der Waals surface area contributed by atoms with Crippen molar-refractivity contribution < 1.29 is 14.3 Å². The van der Waals surface area contributed by atoms with Crippen LogP contribution < -0.4 is 11.1 Å². The molecule has 0 aliphatic heterocycles. The van der Waals surface area contributed by atoms with Crippen LogP contribution in [0.2, 0.25) is 0 Å². The minimum absolute atomic E-state index is 0.0890. The predicted molar refractivity (Wildman–Crippen MR) is 68.8 cm³/mol. The number of esters is 1. The van der Waals surface area contributed by atoms with Gasteiger partial charge in [0.1, 0.15) is 0 Å². The fourth-order valence-electron chi connectivity index (χ4n) is 1.31. The van der Waals surface area contributed by atoms with Gasteiger partial charge < -0.3 is 15.8 Å². The van der Waals surface area contributed by atoms with E-state index in [0.717, 1.165) is 5.56 Å². The maximum atomic E-state index is 11.4. The molecular formula is C13H15N3O3. The van der Waals surface area contributed by atoms with Gasteiger partial charge >= 0.3 is 5.97 Å². The Morgan fingerprint density at radius 1 is 1.32 bits per heavy atom. The molecule has 0 unspecified atom stereocenters. The number of nitrogens with zero attached hydrogens (tertiary/aromatic N) is 1. The fourth-order valence-corrected chi connectivity index (χ4v) is 1.31. The van der Waals surface area contributed by atoms with Crippen LogP contribution in [0.3, 0.4) is 0 Å². The van der Waals surface area contributed by atoms with Gasteiger partial charge in [0, 0.05) is 12.2 Å². The van der Waals surface area contributed by atoms with Crippen molar-refractivity contribution in [3.63, 3.8) is 0 Å². The molecule has 6 nitrogen and oxygen atoms in total. The van der Waals surface area contributed by atoms with Crippen LogP contribution in [0.25, 0.3) is 0 Å². The first-order valence-corrected chi connectivity index (χ1v) is 5.75. The first-order chi connectivity index (χ1) is 9.11. The summed E-state index contributed by atoms with van der Waals surface area (Å²) in [6.45, 7) is -0.0793. The number of nitriles is 1. The number of carbonyl (C=O) groups is 2. The quantitative estimate of drug-likeness (QED) is 0.437. The summed E-state index contributed by atoms with van der Waals surface area (Å²) in [6.07, 6.45) is 0.316. The van der Waals surface area contributed by atoms with Crippen molar-refractivity contribution in [1.82, 2.24) is 5.32 Å². The Labute approximate surface area is 111 Å². The van der Waals surface area contributed by atoms with Crippen LogP contribution in [-0.4, -0.2) is 25.0 Å². The molecule has 19 heavy (non-hydrogen) atoms. The fraction of sp³-hybridized carbons (Fsp3) is 0.308. The first kappa shape index (κ1) is 14.5. The lowest BCUT2D eigenvalue weighted by Crippen LogP contribution is -2.29. The van der Waals surface area contributed by atoms with Gasteiger partial charge in [-0.1, -0.05) is 12.1 Å². The second-order valence-electron chi connectivity index (χ2n) is 3.84. The summed E-state index contributed by atoms with van der Waals surface area (Å²) in [6, 6.07) is 8.73. The van der Waals surface area contributed by atoms with Crippen molar-refractivity contribution in [2.75, 3.05) is 18.9 Å². The van der Waals surface area contributed by atoms with Crippen LogP contribution in [0.5, 0.6) is 0 Å². The van der Waals surface area contributed by atoms with Crippen LogP contribution in [0, 0.1) is 11.3 Å². The smallest absolute Gasteiger partial charge is 0.310 e. The van der Waals surface area contributed by atoms with Crippen molar-refractivity contribution in [3.05, 3.63) is 29.8 Å². The highest BCUT2D eigenvalue weighted by Crippen LogP contribution is 2.06. The van der Waals surface area contributed by atoms with E-state index in [4.69, 9.17) is 15.7 Å². The summed E-state index contributed by atoms with van der Waals surface area (Å²) in [7, 11) is 0. The van der Waals surface area contributed by atoms with Crippen molar-refractivity contribution in [2.45, 2.75) is 12.8 Å². The molecule has 6 heteroatoms. The molecule has 1 rings (SSSR count). The normalized spacial score (nSPS) is 9.42. The van der Waals surface area contributed by atoms with Gasteiger partial charge in [0.25, 0.3) is 5.91 Å². The Balaban J connectivity index is 2.26. The van der Waals surface area contributed by atoms with E-state index in [9.17, 15) is 9.59 Å². The molecule has 0 saturated heterocycles. The number of carbonyl (C=O) groups excluding carboxylic acids is 2. The molecule has 3 N–H and O–H groups in total. The van der Waals surface area contributed by atoms with E-state index in [1.165, 1.54) is 0 Å². The molecule has 0 aliphatic carbocycles. The SMILES string of the molecule is N#CCCNC(=O)COC(=O)Cc1ccc(N)cc1. The monoisotopic (exact) mass is 261 g/mol. The summed E-state index contributed by atoms with van der Waals surface area (Å²) in [5.74, 6) is -0.902. The molecule has 1 aromatic rings. The minimum Gasteiger partial charge on any atom is -0.455 e. The lowest BCUT2D eigenvalue weighted by Gasteiger charge is -2.05. The van der Waals surface area contributed by atoms with Gasteiger partial charge in [0.05, 0.1) is 18.9 Å². The van der Waals surface area contributed by atoms with Crippen LogP contribution in [0.15, 0.2) is 24.3 Å². The topological polar surface area (TPSA) is 105 Å². The number of nitrogen functional groups attached to an aromatic ring is 1. The molecule has 0 radical (unpaired) electrons. The molecule has 0 aromatic heterocycles. The second-order valence-corrected chi connectivity index (χ2v) is 3.84. The summed E-state index contributed by atoms with van der Waals surface area (Å²) in [4.78, 5) is 22.7. The van der Waals surface area contributed by atoms with E-state index in [-0.39, 0.29) is 26.0 Å². The Kier molecular flexibility index (Phi) is 5.89. The van der Waals surface area contributed by atoms with E-state index in [0.29, 0.717) is 5.69 Å². The molecular weight excluding hydrogens is 246 g/mol. The van der Waals surface area contributed by atoms with Crippen LogP contribution in [0.4, 0.5) is 5.69 Å². The number of amides is 1. The van der Waals surface area contributed by atoms with E-state index >= 15 is 0 Å². The molecule has 1 aromatic carbocycles. The number of nitrogens with two attached hydrogens (primary N) is 1. The van der Waals surface area contributed by atoms with Gasteiger partial charge in [-0.05, 0) is 17.7 Å². The number of anilines is 1. The van der Waals surface area contributed by atoms with E-state index in [1.54, 1.807) is 24.3 Å². The van der Waals surface area contributed by atoms with E-state index in [2.05, 4.69) is 5.32 Å². The molecule has 0 atom stereocenters. The molecule has 0 saturated carbocycles. The van der Waals surface area contributed by atoms with Gasteiger partial charge in [-0.2, -0.15) is 5.26 Å². The molecule has 100 valence electrons. The first-order valence-electron chi connectivity index (χ1n) is 5.75. The number of hydrogen-bond acceptors (Lipinski definition) is 5. The minimum atomic E-state index is -0.486. The molecule has 0 bridgehead atoms. The lowest BCUT2D eigenvalue weighted by molar-refractivity contribution is -0.147. The third-order valence-corrected chi connectivity index (χ3v) is 2.25. The highest BCUT2D eigenvalue weighted by molar-refractivity contribution is 5.81. The lowest BCUT2D eigenvalue weighted by atomic mass is 10.1. The van der Waals surface area contributed by atoms with Gasteiger partial charge in [-0.3, -0.25) is 9.59 Å². The van der Waals surface area contributed by atoms with Crippen molar-refractivity contribution in [3.8, 4) is 6.07 Å². The Morgan fingerprint density at radius 3 is 2.63 bits per heavy atom. The van der Waals surface area contributed by atoms with Gasteiger partial charge in [0.15, 0.2) is 6.61 Å². The maximum absolute atomic E-state index is 11.4.